The summed E-state index contributed by atoms with van der Waals surface area (Å²) in [5.41, 5.74) is 1.99. The van der Waals surface area contributed by atoms with E-state index in [1.54, 1.807) is 12.2 Å². The van der Waals surface area contributed by atoms with Gasteiger partial charge >= 0.3 is 5.97 Å². The summed E-state index contributed by atoms with van der Waals surface area (Å²) in [6.45, 7) is 3.41. The summed E-state index contributed by atoms with van der Waals surface area (Å²) < 4.78 is 5.24. The van der Waals surface area contributed by atoms with Crippen LogP contribution in [-0.4, -0.2) is 5.97 Å². The molecule has 0 heterocycles. The lowest BCUT2D eigenvalue weighted by Crippen LogP contribution is -1.98. The number of esters is 1. The van der Waals surface area contributed by atoms with Gasteiger partial charge in [0.15, 0.2) is 0 Å². The van der Waals surface area contributed by atoms with E-state index in [4.69, 9.17) is 4.74 Å². The Morgan fingerprint density at radius 3 is 2.05 bits per heavy atom. The maximum Gasteiger partial charge on any atom is 0.335 e. The molecule has 0 N–H and O–H groups in total. The predicted octanol–water partition coefficient (Wildman–Crippen LogP) is 4.47. The van der Waals surface area contributed by atoms with Gasteiger partial charge in [-0.15, -0.1) is 0 Å². The van der Waals surface area contributed by atoms with Gasteiger partial charge < -0.3 is 4.74 Å². The number of hydrogen-bond acceptors (Lipinski definition) is 2. The number of carbonyl (C=O) groups excluding carboxylic acids is 1. The Morgan fingerprint density at radius 1 is 0.905 bits per heavy atom. The van der Waals surface area contributed by atoms with Gasteiger partial charge in [0, 0.05) is 6.08 Å². The van der Waals surface area contributed by atoms with E-state index in [0.717, 1.165) is 17.2 Å². The summed E-state index contributed by atoms with van der Waals surface area (Å²) in [5.74, 6) is -0.00940. The van der Waals surface area contributed by atoms with Crippen LogP contribution < -0.4 is 0 Å². The first-order valence-electron chi connectivity index (χ1n) is 6.62. The van der Waals surface area contributed by atoms with E-state index in [-0.39, 0.29) is 0 Å². The third kappa shape index (κ3) is 4.96. The van der Waals surface area contributed by atoms with Crippen molar-refractivity contribution in [3.8, 4) is 0 Å². The second kappa shape index (κ2) is 7.65. The smallest absolute Gasteiger partial charge is 0.335 e. The van der Waals surface area contributed by atoms with Crippen LogP contribution in [0.25, 0.3) is 12.2 Å². The van der Waals surface area contributed by atoms with E-state index < -0.39 is 5.97 Å². The minimum atomic E-state index is -0.477. The van der Waals surface area contributed by atoms with Crippen LogP contribution in [0, 0.1) is 0 Å². The summed E-state index contributed by atoms with van der Waals surface area (Å²) in [5, 5.41) is 0. The standard InChI is InChI=1S/C19H16O2/c1-2-19(20)21-18(15-17-11-7-4-8-12-17)14-13-16-9-5-3-6-10-16/h2-15H,1H2. The Balaban J connectivity index is 2.24. The molecule has 0 saturated heterocycles. The lowest BCUT2D eigenvalue weighted by Gasteiger charge is -2.03. The summed E-state index contributed by atoms with van der Waals surface area (Å²) in [6, 6.07) is 19.5. The Hall–Kier alpha value is -2.87. The number of hydrogen-bond donors (Lipinski definition) is 0. The highest BCUT2D eigenvalue weighted by atomic mass is 16.5. The van der Waals surface area contributed by atoms with E-state index in [1.807, 2.05) is 66.7 Å². The second-order valence-corrected chi connectivity index (χ2v) is 4.33. The fourth-order valence-electron chi connectivity index (χ4n) is 1.73. The van der Waals surface area contributed by atoms with Gasteiger partial charge in [0.2, 0.25) is 0 Å². The number of allylic oxidation sites excluding steroid dienone is 1. The average molecular weight is 276 g/mol. The molecule has 104 valence electrons. The van der Waals surface area contributed by atoms with Crippen LogP contribution in [-0.2, 0) is 9.53 Å². The van der Waals surface area contributed by atoms with Crippen molar-refractivity contribution in [3.63, 3.8) is 0 Å². The zero-order valence-electron chi connectivity index (χ0n) is 11.6. The third-order valence-corrected chi connectivity index (χ3v) is 2.73. The molecule has 0 fully saturated rings. The molecule has 0 aliphatic carbocycles. The molecule has 0 bridgehead atoms. The van der Waals surface area contributed by atoms with E-state index in [2.05, 4.69) is 6.58 Å². The van der Waals surface area contributed by atoms with Crippen LogP contribution in [0.5, 0.6) is 0 Å². The molecule has 2 aromatic carbocycles. The summed E-state index contributed by atoms with van der Waals surface area (Å²) in [6.07, 6.45) is 6.62. The minimum Gasteiger partial charge on any atom is -0.423 e. The molecule has 21 heavy (non-hydrogen) atoms. The van der Waals surface area contributed by atoms with Crippen molar-refractivity contribution < 1.29 is 9.53 Å². The normalized spacial score (nSPS) is 11.3. The Kier molecular flexibility index (Phi) is 5.30. The van der Waals surface area contributed by atoms with Gasteiger partial charge in [-0.3, -0.25) is 0 Å². The van der Waals surface area contributed by atoms with Gasteiger partial charge in [-0.1, -0.05) is 73.3 Å². The summed E-state index contributed by atoms with van der Waals surface area (Å²) in [4.78, 5) is 11.4. The monoisotopic (exact) mass is 276 g/mol. The number of ether oxygens (including phenoxy) is 1. The minimum absolute atomic E-state index is 0.468. The Labute approximate surface area is 124 Å². The molecule has 0 spiro atoms. The van der Waals surface area contributed by atoms with Crippen LogP contribution in [0.2, 0.25) is 0 Å². The lowest BCUT2D eigenvalue weighted by atomic mass is 10.1. The molecule has 2 rings (SSSR count). The van der Waals surface area contributed by atoms with Crippen LogP contribution in [0.1, 0.15) is 11.1 Å². The maximum absolute atomic E-state index is 11.4. The van der Waals surface area contributed by atoms with Crippen molar-refractivity contribution in [2.24, 2.45) is 0 Å². The first-order valence-corrected chi connectivity index (χ1v) is 6.62. The van der Waals surface area contributed by atoms with Crippen molar-refractivity contribution >= 4 is 18.1 Å². The highest BCUT2D eigenvalue weighted by Gasteiger charge is 2.00. The van der Waals surface area contributed by atoms with Crippen molar-refractivity contribution in [2.75, 3.05) is 0 Å². The van der Waals surface area contributed by atoms with Crippen molar-refractivity contribution in [1.29, 1.82) is 0 Å². The SMILES string of the molecule is C=CC(=O)OC(C=Cc1ccccc1)=Cc1ccccc1. The average Bonchev–Trinajstić information content (AvgIpc) is 2.54. The molecule has 2 aromatic rings. The maximum atomic E-state index is 11.4. The van der Waals surface area contributed by atoms with Gasteiger partial charge in [-0.25, -0.2) is 4.79 Å². The van der Waals surface area contributed by atoms with E-state index in [1.165, 1.54) is 0 Å². The zero-order chi connectivity index (χ0) is 14.9. The summed E-state index contributed by atoms with van der Waals surface area (Å²) in [7, 11) is 0. The highest BCUT2D eigenvalue weighted by molar-refractivity contribution is 5.83. The van der Waals surface area contributed by atoms with Crippen molar-refractivity contribution in [1.82, 2.24) is 0 Å². The lowest BCUT2D eigenvalue weighted by molar-refractivity contribution is -0.133. The van der Waals surface area contributed by atoms with Crippen molar-refractivity contribution in [3.05, 3.63) is 96.3 Å². The van der Waals surface area contributed by atoms with Gasteiger partial charge in [-0.05, 0) is 23.3 Å². The fourth-order valence-corrected chi connectivity index (χ4v) is 1.73. The molecule has 2 heteroatoms. The quantitative estimate of drug-likeness (QED) is 0.348. The second-order valence-electron chi connectivity index (χ2n) is 4.33. The molecule has 0 aliphatic rings. The predicted molar refractivity (Wildman–Crippen MR) is 86.2 cm³/mol. The molecule has 0 amide bonds. The van der Waals surface area contributed by atoms with E-state index in [9.17, 15) is 4.79 Å². The van der Waals surface area contributed by atoms with Crippen LogP contribution in [0.3, 0.4) is 0 Å². The van der Waals surface area contributed by atoms with Gasteiger partial charge in [0.1, 0.15) is 5.76 Å². The molecule has 0 saturated carbocycles. The molecule has 0 aromatic heterocycles. The molecular formula is C19H16O2. The molecule has 0 unspecified atom stereocenters. The topological polar surface area (TPSA) is 26.3 Å². The Bertz CT molecular complexity index is 652. The molecule has 0 radical (unpaired) electrons. The van der Waals surface area contributed by atoms with Crippen LogP contribution in [0.4, 0.5) is 0 Å². The van der Waals surface area contributed by atoms with E-state index >= 15 is 0 Å². The first-order chi connectivity index (χ1) is 10.3. The largest absolute Gasteiger partial charge is 0.423 e. The first kappa shape index (κ1) is 14.5. The van der Waals surface area contributed by atoms with Crippen LogP contribution >= 0.6 is 0 Å². The third-order valence-electron chi connectivity index (χ3n) is 2.73. The molecular weight excluding hydrogens is 260 g/mol. The molecule has 0 aliphatic heterocycles. The number of rotatable bonds is 5. The van der Waals surface area contributed by atoms with Gasteiger partial charge in [0.05, 0.1) is 0 Å². The van der Waals surface area contributed by atoms with Gasteiger partial charge in [0.25, 0.3) is 0 Å². The van der Waals surface area contributed by atoms with Crippen molar-refractivity contribution in [2.45, 2.75) is 0 Å². The van der Waals surface area contributed by atoms with E-state index in [0.29, 0.717) is 5.76 Å². The highest BCUT2D eigenvalue weighted by Crippen LogP contribution is 2.12. The number of carbonyl (C=O) groups is 1. The van der Waals surface area contributed by atoms with Gasteiger partial charge in [-0.2, -0.15) is 0 Å². The zero-order valence-corrected chi connectivity index (χ0v) is 11.6. The number of benzene rings is 2. The molecule has 2 nitrogen and oxygen atoms in total. The molecule has 0 atom stereocenters. The fraction of sp³-hybridized carbons (Fsp3) is 0. The van der Waals surface area contributed by atoms with Crippen LogP contribution in [0.15, 0.2) is 85.2 Å². The Morgan fingerprint density at radius 2 is 1.48 bits per heavy atom. The summed E-state index contributed by atoms with van der Waals surface area (Å²) >= 11 is 0.